The third kappa shape index (κ3) is 2.63. The first-order valence-corrected chi connectivity index (χ1v) is 5.76. The van der Waals surface area contributed by atoms with E-state index in [0.717, 1.165) is 0 Å². The van der Waals surface area contributed by atoms with Crippen molar-refractivity contribution in [3.05, 3.63) is 64.4 Å². The molecule has 0 aliphatic carbocycles. The van der Waals surface area contributed by atoms with E-state index in [1.54, 1.807) is 37.4 Å². The van der Waals surface area contributed by atoms with Crippen molar-refractivity contribution < 1.29 is 14.2 Å². The van der Waals surface area contributed by atoms with E-state index in [1.807, 2.05) is 0 Å². The molecule has 0 heterocycles. The molecule has 0 radical (unpaired) electrons. The molecule has 0 bridgehead atoms. The van der Waals surface area contributed by atoms with Crippen LogP contribution in [0, 0.1) is 5.82 Å². The summed E-state index contributed by atoms with van der Waals surface area (Å²) in [5.41, 5.74) is 1.08. The Bertz CT molecular complexity index is 557. The summed E-state index contributed by atoms with van der Waals surface area (Å²) >= 11 is 5.60. The van der Waals surface area contributed by atoms with Crippen LogP contribution in [-0.4, -0.2) is 12.2 Å². The summed E-state index contributed by atoms with van der Waals surface area (Å²) in [6, 6.07) is 11.2. The van der Waals surface area contributed by atoms with Gasteiger partial charge in [-0.3, -0.25) is 0 Å². The van der Waals surface area contributed by atoms with Crippen LogP contribution in [0.2, 0.25) is 5.02 Å². The Morgan fingerprint density at radius 1 is 1.17 bits per heavy atom. The standard InChI is InChI=1S/C14H12ClFO2/c1-18-11-4-2-3-9(7-11)14(17)10-5-6-12(15)13(16)8-10/h2-8,14,17H,1H3. The van der Waals surface area contributed by atoms with Gasteiger partial charge in [0.25, 0.3) is 0 Å². The summed E-state index contributed by atoms with van der Waals surface area (Å²) < 4.78 is 18.4. The first-order valence-electron chi connectivity index (χ1n) is 5.39. The van der Waals surface area contributed by atoms with E-state index >= 15 is 0 Å². The first kappa shape index (κ1) is 12.9. The fraction of sp³-hybridized carbons (Fsp3) is 0.143. The maximum Gasteiger partial charge on any atom is 0.142 e. The van der Waals surface area contributed by atoms with Gasteiger partial charge >= 0.3 is 0 Å². The lowest BCUT2D eigenvalue weighted by Crippen LogP contribution is -2.00. The van der Waals surface area contributed by atoms with E-state index in [9.17, 15) is 9.50 Å². The molecular formula is C14H12ClFO2. The lowest BCUT2D eigenvalue weighted by molar-refractivity contribution is 0.219. The van der Waals surface area contributed by atoms with E-state index in [2.05, 4.69) is 0 Å². The van der Waals surface area contributed by atoms with Crippen LogP contribution in [0.4, 0.5) is 4.39 Å². The average Bonchev–Trinajstić information content (AvgIpc) is 2.41. The van der Waals surface area contributed by atoms with Crippen LogP contribution in [0.1, 0.15) is 17.2 Å². The quantitative estimate of drug-likeness (QED) is 0.920. The van der Waals surface area contributed by atoms with Gasteiger partial charge in [-0.1, -0.05) is 29.8 Å². The van der Waals surface area contributed by atoms with Crippen LogP contribution in [-0.2, 0) is 0 Å². The van der Waals surface area contributed by atoms with Crippen LogP contribution in [0.5, 0.6) is 5.75 Å². The van der Waals surface area contributed by atoms with Gasteiger partial charge in [0.1, 0.15) is 17.7 Å². The second kappa shape index (κ2) is 5.38. The highest BCUT2D eigenvalue weighted by molar-refractivity contribution is 6.30. The van der Waals surface area contributed by atoms with Gasteiger partial charge in [0.15, 0.2) is 0 Å². The molecule has 0 spiro atoms. The Hall–Kier alpha value is -1.58. The Balaban J connectivity index is 2.34. The summed E-state index contributed by atoms with van der Waals surface area (Å²) in [5, 5.41) is 10.2. The molecule has 0 saturated carbocycles. The minimum Gasteiger partial charge on any atom is -0.497 e. The number of ether oxygens (including phenoxy) is 1. The van der Waals surface area contributed by atoms with Crippen molar-refractivity contribution in [2.45, 2.75) is 6.10 Å². The number of hydrogen-bond acceptors (Lipinski definition) is 2. The minimum atomic E-state index is -0.910. The van der Waals surface area contributed by atoms with E-state index in [1.165, 1.54) is 12.1 Å². The van der Waals surface area contributed by atoms with Gasteiger partial charge in [0.2, 0.25) is 0 Å². The van der Waals surface area contributed by atoms with Gasteiger partial charge in [-0.15, -0.1) is 0 Å². The number of hydrogen-bond donors (Lipinski definition) is 1. The van der Waals surface area contributed by atoms with E-state index in [-0.39, 0.29) is 5.02 Å². The van der Waals surface area contributed by atoms with E-state index < -0.39 is 11.9 Å². The SMILES string of the molecule is COc1cccc(C(O)c2ccc(Cl)c(F)c2)c1. The molecule has 0 aliphatic rings. The number of benzene rings is 2. The summed E-state index contributed by atoms with van der Waals surface area (Å²) in [5.74, 6) is 0.0945. The maximum atomic E-state index is 13.3. The molecule has 0 amide bonds. The van der Waals surface area contributed by atoms with Crippen molar-refractivity contribution in [1.82, 2.24) is 0 Å². The molecule has 4 heteroatoms. The molecule has 2 aromatic rings. The highest BCUT2D eigenvalue weighted by Gasteiger charge is 2.13. The summed E-state index contributed by atoms with van der Waals surface area (Å²) in [7, 11) is 1.55. The Morgan fingerprint density at radius 3 is 2.56 bits per heavy atom. The van der Waals surface area contributed by atoms with Crippen LogP contribution in [0.25, 0.3) is 0 Å². The molecule has 0 fully saturated rings. The predicted octanol–water partition coefficient (Wildman–Crippen LogP) is 3.57. The summed E-state index contributed by atoms with van der Waals surface area (Å²) in [4.78, 5) is 0. The van der Waals surface area contributed by atoms with Crippen molar-refractivity contribution in [3.8, 4) is 5.75 Å². The lowest BCUT2D eigenvalue weighted by Gasteiger charge is -2.13. The molecular weight excluding hydrogens is 255 g/mol. The molecule has 0 aromatic heterocycles. The number of rotatable bonds is 3. The van der Waals surface area contributed by atoms with Crippen LogP contribution in [0.3, 0.4) is 0 Å². The predicted molar refractivity (Wildman–Crippen MR) is 68.5 cm³/mol. The second-order valence-corrected chi connectivity index (χ2v) is 4.26. The molecule has 2 rings (SSSR count). The third-order valence-electron chi connectivity index (χ3n) is 2.67. The minimum absolute atomic E-state index is 0.0385. The summed E-state index contributed by atoms with van der Waals surface area (Å²) in [6.07, 6.45) is -0.910. The zero-order valence-electron chi connectivity index (χ0n) is 9.73. The van der Waals surface area contributed by atoms with Gasteiger partial charge in [0, 0.05) is 0 Å². The fourth-order valence-corrected chi connectivity index (χ4v) is 1.80. The lowest BCUT2D eigenvalue weighted by atomic mass is 10.0. The number of methoxy groups -OCH3 is 1. The molecule has 0 aliphatic heterocycles. The molecule has 1 atom stereocenters. The van der Waals surface area contributed by atoms with E-state index in [0.29, 0.717) is 16.9 Å². The van der Waals surface area contributed by atoms with Gasteiger partial charge in [-0.25, -0.2) is 4.39 Å². The summed E-state index contributed by atoms with van der Waals surface area (Å²) in [6.45, 7) is 0. The average molecular weight is 267 g/mol. The van der Waals surface area contributed by atoms with Crippen molar-refractivity contribution in [2.75, 3.05) is 7.11 Å². The topological polar surface area (TPSA) is 29.5 Å². The van der Waals surface area contributed by atoms with Crippen LogP contribution in [0.15, 0.2) is 42.5 Å². The first-order chi connectivity index (χ1) is 8.61. The maximum absolute atomic E-state index is 13.3. The van der Waals surface area contributed by atoms with Gasteiger partial charge in [0.05, 0.1) is 12.1 Å². The molecule has 2 nitrogen and oxygen atoms in total. The molecule has 0 saturated heterocycles. The molecule has 1 N–H and O–H groups in total. The van der Waals surface area contributed by atoms with Crippen LogP contribution >= 0.6 is 11.6 Å². The molecule has 1 unspecified atom stereocenters. The van der Waals surface area contributed by atoms with Crippen LogP contribution < -0.4 is 4.74 Å². The monoisotopic (exact) mass is 266 g/mol. The Morgan fingerprint density at radius 2 is 1.89 bits per heavy atom. The highest BCUT2D eigenvalue weighted by Crippen LogP contribution is 2.27. The smallest absolute Gasteiger partial charge is 0.142 e. The number of aliphatic hydroxyl groups is 1. The Labute approximate surface area is 110 Å². The van der Waals surface area contributed by atoms with Crippen molar-refractivity contribution in [2.24, 2.45) is 0 Å². The van der Waals surface area contributed by atoms with Crippen molar-refractivity contribution in [3.63, 3.8) is 0 Å². The zero-order chi connectivity index (χ0) is 13.1. The molecule has 18 heavy (non-hydrogen) atoms. The van der Waals surface area contributed by atoms with Gasteiger partial charge < -0.3 is 9.84 Å². The highest BCUT2D eigenvalue weighted by atomic mass is 35.5. The largest absolute Gasteiger partial charge is 0.497 e. The zero-order valence-corrected chi connectivity index (χ0v) is 10.5. The second-order valence-electron chi connectivity index (χ2n) is 3.85. The van der Waals surface area contributed by atoms with Gasteiger partial charge in [-0.2, -0.15) is 0 Å². The normalized spacial score (nSPS) is 12.2. The van der Waals surface area contributed by atoms with Gasteiger partial charge in [-0.05, 0) is 35.4 Å². The molecule has 94 valence electrons. The van der Waals surface area contributed by atoms with E-state index in [4.69, 9.17) is 16.3 Å². The fourth-order valence-electron chi connectivity index (χ4n) is 1.69. The Kier molecular flexibility index (Phi) is 3.84. The van der Waals surface area contributed by atoms with Crippen molar-refractivity contribution >= 4 is 11.6 Å². The number of aliphatic hydroxyl groups excluding tert-OH is 1. The number of halogens is 2. The van der Waals surface area contributed by atoms with Crippen molar-refractivity contribution in [1.29, 1.82) is 0 Å². The third-order valence-corrected chi connectivity index (χ3v) is 2.98. The molecule has 2 aromatic carbocycles.